The van der Waals surface area contributed by atoms with Gasteiger partial charge in [0.15, 0.2) is 0 Å². The molecule has 110 valence electrons. The molecule has 0 aromatic heterocycles. The Balaban J connectivity index is 1.80. The third-order valence-electron chi connectivity index (χ3n) is 3.30. The predicted molar refractivity (Wildman–Crippen MR) is 80.4 cm³/mol. The van der Waals surface area contributed by atoms with Crippen molar-refractivity contribution >= 4 is 15.9 Å². The van der Waals surface area contributed by atoms with Crippen LogP contribution in [-0.4, -0.2) is 6.04 Å². The van der Waals surface area contributed by atoms with E-state index in [1.165, 1.54) is 18.2 Å². The van der Waals surface area contributed by atoms with E-state index in [0.29, 0.717) is 28.6 Å². The Morgan fingerprint density at radius 3 is 2.67 bits per heavy atom. The highest BCUT2D eigenvalue weighted by Crippen LogP contribution is 2.30. The lowest BCUT2D eigenvalue weighted by Crippen LogP contribution is -2.15. The first-order chi connectivity index (χ1) is 10.1. The summed E-state index contributed by atoms with van der Waals surface area (Å²) in [6.07, 6.45) is 2.33. The molecule has 0 unspecified atom stereocenters. The minimum Gasteiger partial charge on any atom is -0.457 e. The normalized spacial score (nSPS) is 14.2. The molecule has 0 atom stereocenters. The van der Waals surface area contributed by atoms with Crippen molar-refractivity contribution in [1.82, 2.24) is 5.32 Å². The molecule has 2 aromatic rings. The first kappa shape index (κ1) is 14.5. The van der Waals surface area contributed by atoms with Crippen molar-refractivity contribution in [3.05, 3.63) is 58.1 Å². The van der Waals surface area contributed by atoms with Crippen LogP contribution in [0.15, 0.2) is 40.9 Å². The average molecular weight is 354 g/mol. The largest absolute Gasteiger partial charge is 0.457 e. The highest BCUT2D eigenvalue weighted by Gasteiger charge is 2.21. The number of ether oxygens (including phenoxy) is 1. The molecule has 0 bridgehead atoms. The summed E-state index contributed by atoms with van der Waals surface area (Å²) in [5.74, 6) is 0.429. The molecule has 2 nitrogen and oxygen atoms in total. The summed E-state index contributed by atoms with van der Waals surface area (Å²) in [4.78, 5) is 0. The standard InChI is InChI=1S/C16H14BrF2NO/c17-14-8-13(4-5-15(14)19)21-16-6-1-11(18)7-10(16)9-20-12-2-3-12/h1,4-8,12,20H,2-3,9H2. The number of rotatable bonds is 5. The Hall–Kier alpha value is -1.46. The van der Waals surface area contributed by atoms with Crippen LogP contribution < -0.4 is 10.1 Å². The van der Waals surface area contributed by atoms with E-state index in [-0.39, 0.29) is 11.6 Å². The summed E-state index contributed by atoms with van der Waals surface area (Å²) < 4.78 is 32.7. The average Bonchev–Trinajstić information content (AvgIpc) is 3.27. The minimum absolute atomic E-state index is 0.296. The van der Waals surface area contributed by atoms with Gasteiger partial charge in [-0.15, -0.1) is 0 Å². The van der Waals surface area contributed by atoms with Crippen molar-refractivity contribution in [2.45, 2.75) is 25.4 Å². The van der Waals surface area contributed by atoms with Crippen LogP contribution in [0.1, 0.15) is 18.4 Å². The number of nitrogens with one attached hydrogen (secondary N) is 1. The van der Waals surface area contributed by atoms with Crippen molar-refractivity contribution in [2.75, 3.05) is 0 Å². The summed E-state index contributed by atoms with van der Waals surface area (Å²) in [5.41, 5.74) is 0.752. The number of hydrogen-bond acceptors (Lipinski definition) is 2. The maximum Gasteiger partial charge on any atom is 0.137 e. The summed E-state index contributed by atoms with van der Waals surface area (Å²) in [7, 11) is 0. The molecule has 0 saturated heterocycles. The predicted octanol–water partition coefficient (Wildman–Crippen LogP) is 4.77. The fourth-order valence-corrected chi connectivity index (χ4v) is 2.35. The summed E-state index contributed by atoms with van der Waals surface area (Å²) >= 11 is 3.12. The summed E-state index contributed by atoms with van der Waals surface area (Å²) in [5, 5.41) is 3.33. The van der Waals surface area contributed by atoms with E-state index in [1.807, 2.05) is 0 Å². The Bertz CT molecular complexity index is 659. The van der Waals surface area contributed by atoms with Gasteiger partial charge in [0.2, 0.25) is 0 Å². The molecule has 1 saturated carbocycles. The van der Waals surface area contributed by atoms with Crippen molar-refractivity contribution < 1.29 is 13.5 Å². The fraction of sp³-hybridized carbons (Fsp3) is 0.250. The van der Waals surface area contributed by atoms with Gasteiger partial charge < -0.3 is 10.1 Å². The highest BCUT2D eigenvalue weighted by molar-refractivity contribution is 9.10. The molecule has 1 aliphatic rings. The van der Waals surface area contributed by atoms with Crippen LogP contribution in [0.25, 0.3) is 0 Å². The fourth-order valence-electron chi connectivity index (χ4n) is 1.99. The van der Waals surface area contributed by atoms with E-state index in [2.05, 4.69) is 21.2 Å². The van der Waals surface area contributed by atoms with Crippen molar-refractivity contribution in [3.63, 3.8) is 0 Å². The molecule has 0 heterocycles. The molecule has 3 rings (SSSR count). The Labute approximate surface area is 130 Å². The molecule has 0 radical (unpaired) electrons. The Morgan fingerprint density at radius 1 is 1.14 bits per heavy atom. The van der Waals surface area contributed by atoms with Gasteiger partial charge in [0, 0.05) is 18.2 Å². The van der Waals surface area contributed by atoms with Crippen LogP contribution in [0.2, 0.25) is 0 Å². The van der Waals surface area contributed by atoms with Gasteiger partial charge >= 0.3 is 0 Å². The van der Waals surface area contributed by atoms with Gasteiger partial charge in [-0.25, -0.2) is 8.78 Å². The smallest absolute Gasteiger partial charge is 0.137 e. The Kier molecular flexibility index (Phi) is 4.22. The van der Waals surface area contributed by atoms with Crippen LogP contribution in [0.5, 0.6) is 11.5 Å². The quantitative estimate of drug-likeness (QED) is 0.835. The summed E-state index contributed by atoms with van der Waals surface area (Å²) in [6.45, 7) is 0.556. The number of benzene rings is 2. The van der Waals surface area contributed by atoms with Crippen LogP contribution >= 0.6 is 15.9 Å². The lowest BCUT2D eigenvalue weighted by Gasteiger charge is -2.12. The van der Waals surface area contributed by atoms with Crippen LogP contribution in [0.3, 0.4) is 0 Å². The molecule has 0 amide bonds. The molecule has 2 aromatic carbocycles. The number of halogens is 3. The minimum atomic E-state index is -0.350. The van der Waals surface area contributed by atoms with Crippen LogP contribution in [0.4, 0.5) is 8.78 Å². The van der Waals surface area contributed by atoms with Gasteiger partial charge in [0.25, 0.3) is 0 Å². The van der Waals surface area contributed by atoms with Gasteiger partial charge in [-0.2, -0.15) is 0 Å². The van der Waals surface area contributed by atoms with Crippen molar-refractivity contribution in [3.8, 4) is 11.5 Å². The van der Waals surface area contributed by atoms with Gasteiger partial charge in [0.05, 0.1) is 4.47 Å². The van der Waals surface area contributed by atoms with E-state index < -0.39 is 0 Å². The van der Waals surface area contributed by atoms with Crippen LogP contribution in [-0.2, 0) is 6.54 Å². The second kappa shape index (κ2) is 6.12. The zero-order valence-electron chi connectivity index (χ0n) is 11.2. The highest BCUT2D eigenvalue weighted by atomic mass is 79.9. The zero-order valence-corrected chi connectivity index (χ0v) is 12.8. The van der Waals surface area contributed by atoms with E-state index in [9.17, 15) is 8.78 Å². The number of hydrogen-bond donors (Lipinski definition) is 1. The molecule has 0 aliphatic heterocycles. The van der Waals surface area contributed by atoms with E-state index in [4.69, 9.17) is 4.74 Å². The SMILES string of the molecule is Fc1ccc(Oc2ccc(F)c(Br)c2)c(CNC2CC2)c1. The van der Waals surface area contributed by atoms with E-state index in [0.717, 1.165) is 18.4 Å². The molecular weight excluding hydrogens is 340 g/mol. The second-order valence-electron chi connectivity index (χ2n) is 5.09. The zero-order chi connectivity index (χ0) is 14.8. The monoisotopic (exact) mass is 353 g/mol. The lowest BCUT2D eigenvalue weighted by atomic mass is 10.2. The molecule has 0 spiro atoms. The molecule has 1 fully saturated rings. The van der Waals surface area contributed by atoms with Gasteiger partial charge in [-0.05, 0) is 65.2 Å². The third-order valence-corrected chi connectivity index (χ3v) is 3.91. The molecular formula is C16H14BrF2NO. The first-order valence-electron chi connectivity index (χ1n) is 6.76. The van der Waals surface area contributed by atoms with Crippen LogP contribution in [0, 0.1) is 11.6 Å². The molecule has 21 heavy (non-hydrogen) atoms. The molecule has 1 aliphatic carbocycles. The van der Waals surface area contributed by atoms with Gasteiger partial charge in [0.1, 0.15) is 23.1 Å². The van der Waals surface area contributed by atoms with E-state index >= 15 is 0 Å². The molecule has 1 N–H and O–H groups in total. The maximum atomic E-state index is 13.4. The van der Waals surface area contributed by atoms with Gasteiger partial charge in [-0.3, -0.25) is 0 Å². The third kappa shape index (κ3) is 3.80. The van der Waals surface area contributed by atoms with Gasteiger partial charge in [-0.1, -0.05) is 0 Å². The first-order valence-corrected chi connectivity index (χ1v) is 7.56. The summed E-state index contributed by atoms with van der Waals surface area (Å²) in [6, 6.07) is 9.36. The topological polar surface area (TPSA) is 21.3 Å². The maximum absolute atomic E-state index is 13.4. The van der Waals surface area contributed by atoms with E-state index in [1.54, 1.807) is 18.2 Å². The Morgan fingerprint density at radius 2 is 1.95 bits per heavy atom. The van der Waals surface area contributed by atoms with Crippen molar-refractivity contribution in [1.29, 1.82) is 0 Å². The molecule has 5 heteroatoms. The second-order valence-corrected chi connectivity index (χ2v) is 5.94. The van der Waals surface area contributed by atoms with Crippen molar-refractivity contribution in [2.24, 2.45) is 0 Å². The lowest BCUT2D eigenvalue weighted by molar-refractivity contribution is 0.467.